The van der Waals surface area contributed by atoms with Crippen molar-refractivity contribution in [2.24, 2.45) is 4.99 Å². The van der Waals surface area contributed by atoms with Crippen molar-refractivity contribution in [1.82, 2.24) is 4.98 Å². The highest BCUT2D eigenvalue weighted by Gasteiger charge is 2.28. The molecule has 0 saturated carbocycles. The number of aromatic nitrogens is 1. The molecule has 1 aromatic heterocycles. The van der Waals surface area contributed by atoms with Crippen LogP contribution in [-0.4, -0.2) is 42.9 Å². The number of amides is 1. The fraction of sp³-hybridized carbons (Fsp3) is 0.292. The first kappa shape index (κ1) is 21.7. The Kier molecular flexibility index (Phi) is 5.90. The summed E-state index contributed by atoms with van der Waals surface area (Å²) in [5.74, 6) is -0.320. The van der Waals surface area contributed by atoms with Gasteiger partial charge < -0.3 is 9.64 Å². The molecule has 0 radical (unpaired) electrons. The second kappa shape index (κ2) is 8.99. The Bertz CT molecular complexity index is 1220. The van der Waals surface area contributed by atoms with E-state index in [0.29, 0.717) is 60.4 Å². The van der Waals surface area contributed by atoms with E-state index in [2.05, 4.69) is 15.2 Å². The molecular formula is C24H22F2N4O2S. The normalized spacial score (nSPS) is 15.5. The molecule has 2 aliphatic heterocycles. The SMILES string of the molecule is Cc1ccc(C(F)F)c(C2=Nc3c(cc(N4CCOCC4)cc3C(=O)Nc3nccs3)C2)c1. The predicted octanol–water partition coefficient (Wildman–Crippen LogP) is 5.15. The van der Waals surface area contributed by atoms with E-state index in [4.69, 9.17) is 9.73 Å². The summed E-state index contributed by atoms with van der Waals surface area (Å²) in [4.78, 5) is 24.2. The number of anilines is 2. The van der Waals surface area contributed by atoms with Gasteiger partial charge in [0.2, 0.25) is 0 Å². The summed E-state index contributed by atoms with van der Waals surface area (Å²) in [6.07, 6.45) is -0.605. The summed E-state index contributed by atoms with van der Waals surface area (Å²) in [6.45, 7) is 4.52. The van der Waals surface area contributed by atoms with Gasteiger partial charge in [0.1, 0.15) is 0 Å². The zero-order chi connectivity index (χ0) is 22.9. The van der Waals surface area contributed by atoms with Gasteiger partial charge in [0.05, 0.1) is 30.2 Å². The van der Waals surface area contributed by atoms with Crippen LogP contribution in [0.2, 0.25) is 0 Å². The van der Waals surface area contributed by atoms with E-state index in [0.717, 1.165) is 16.8 Å². The molecule has 1 N–H and O–H groups in total. The van der Waals surface area contributed by atoms with E-state index in [-0.39, 0.29) is 11.5 Å². The lowest BCUT2D eigenvalue weighted by molar-refractivity contribution is 0.102. The second-order valence-corrected chi connectivity index (χ2v) is 8.91. The van der Waals surface area contributed by atoms with Crippen LogP contribution in [0.25, 0.3) is 0 Å². The number of carbonyl (C=O) groups is 1. The van der Waals surface area contributed by atoms with Gasteiger partial charge in [-0.25, -0.2) is 13.8 Å². The van der Waals surface area contributed by atoms with Crippen LogP contribution >= 0.6 is 11.3 Å². The van der Waals surface area contributed by atoms with Crippen molar-refractivity contribution in [3.8, 4) is 0 Å². The largest absolute Gasteiger partial charge is 0.378 e. The maximum Gasteiger partial charge on any atom is 0.264 e. The lowest BCUT2D eigenvalue weighted by atomic mass is 9.96. The van der Waals surface area contributed by atoms with E-state index in [1.165, 1.54) is 17.4 Å². The van der Waals surface area contributed by atoms with Crippen LogP contribution in [-0.2, 0) is 11.2 Å². The van der Waals surface area contributed by atoms with Crippen LogP contribution in [0.4, 0.5) is 25.3 Å². The van der Waals surface area contributed by atoms with Crippen LogP contribution in [0, 0.1) is 6.92 Å². The van der Waals surface area contributed by atoms with E-state index in [1.807, 2.05) is 19.1 Å². The number of morpholine rings is 1. The van der Waals surface area contributed by atoms with Crippen molar-refractivity contribution in [2.45, 2.75) is 19.8 Å². The lowest BCUT2D eigenvalue weighted by Crippen LogP contribution is -2.36. The average Bonchev–Trinajstić information content (AvgIpc) is 3.48. The highest BCUT2D eigenvalue weighted by atomic mass is 32.1. The summed E-state index contributed by atoms with van der Waals surface area (Å²) in [7, 11) is 0. The minimum atomic E-state index is -2.61. The number of alkyl halides is 2. The molecule has 2 aromatic carbocycles. The van der Waals surface area contributed by atoms with Gasteiger partial charge >= 0.3 is 0 Å². The van der Waals surface area contributed by atoms with Gasteiger partial charge in [-0.2, -0.15) is 0 Å². The van der Waals surface area contributed by atoms with E-state index in [1.54, 1.807) is 23.7 Å². The van der Waals surface area contributed by atoms with Crippen LogP contribution < -0.4 is 10.2 Å². The van der Waals surface area contributed by atoms with Gasteiger partial charge in [0.25, 0.3) is 12.3 Å². The number of rotatable bonds is 5. The Balaban J connectivity index is 1.57. The smallest absolute Gasteiger partial charge is 0.264 e. The summed E-state index contributed by atoms with van der Waals surface area (Å²) in [5.41, 5.74) is 4.49. The minimum Gasteiger partial charge on any atom is -0.378 e. The summed E-state index contributed by atoms with van der Waals surface area (Å²) in [5, 5.41) is 5.10. The summed E-state index contributed by atoms with van der Waals surface area (Å²) >= 11 is 1.33. The Morgan fingerprint density at radius 3 is 2.76 bits per heavy atom. The lowest BCUT2D eigenvalue weighted by Gasteiger charge is -2.29. The zero-order valence-electron chi connectivity index (χ0n) is 18.0. The topological polar surface area (TPSA) is 66.8 Å². The van der Waals surface area contributed by atoms with Gasteiger partial charge in [-0.05, 0) is 30.7 Å². The van der Waals surface area contributed by atoms with Crippen molar-refractivity contribution >= 4 is 39.5 Å². The number of halogens is 2. The summed E-state index contributed by atoms with van der Waals surface area (Å²) < 4.78 is 32.9. The van der Waals surface area contributed by atoms with E-state index >= 15 is 0 Å². The number of aryl methyl sites for hydroxylation is 1. The first-order valence-corrected chi connectivity index (χ1v) is 11.5. The predicted molar refractivity (Wildman–Crippen MR) is 126 cm³/mol. The maximum absolute atomic E-state index is 13.7. The first-order valence-electron chi connectivity index (χ1n) is 10.7. The number of benzene rings is 2. The molecular weight excluding hydrogens is 446 g/mol. The molecule has 0 bridgehead atoms. The fourth-order valence-corrected chi connectivity index (χ4v) is 4.72. The number of hydrogen-bond acceptors (Lipinski definition) is 6. The standard InChI is InChI=1S/C24H22F2N4O2S/c1-14-2-3-17(22(25)26)18(10-14)20-12-15-11-16(30-5-7-32-8-6-30)13-19(21(15)28-20)23(31)29-24-27-4-9-33-24/h2-4,9-11,13,22H,5-8,12H2,1H3,(H,27,29,31). The van der Waals surface area contributed by atoms with Crippen LogP contribution in [0.1, 0.15) is 39.0 Å². The molecule has 3 aromatic rings. The van der Waals surface area contributed by atoms with Gasteiger partial charge in [0, 0.05) is 47.9 Å². The third-order valence-electron chi connectivity index (χ3n) is 5.81. The molecule has 3 heterocycles. The van der Waals surface area contributed by atoms with Crippen molar-refractivity contribution in [3.05, 3.63) is 69.7 Å². The van der Waals surface area contributed by atoms with Crippen molar-refractivity contribution in [2.75, 3.05) is 36.5 Å². The molecule has 0 aliphatic carbocycles. The molecule has 1 amide bonds. The Morgan fingerprint density at radius 2 is 2.03 bits per heavy atom. The zero-order valence-corrected chi connectivity index (χ0v) is 18.8. The van der Waals surface area contributed by atoms with Crippen LogP contribution in [0.15, 0.2) is 46.9 Å². The highest BCUT2D eigenvalue weighted by molar-refractivity contribution is 7.13. The van der Waals surface area contributed by atoms with Crippen molar-refractivity contribution in [3.63, 3.8) is 0 Å². The Hall–Kier alpha value is -3.17. The first-order chi connectivity index (χ1) is 16.0. The van der Waals surface area contributed by atoms with E-state index < -0.39 is 6.43 Å². The van der Waals surface area contributed by atoms with Crippen molar-refractivity contribution < 1.29 is 18.3 Å². The van der Waals surface area contributed by atoms with Crippen LogP contribution in [0.3, 0.4) is 0 Å². The number of fused-ring (bicyclic) bond motifs is 1. The third-order valence-corrected chi connectivity index (χ3v) is 6.50. The van der Waals surface area contributed by atoms with Gasteiger partial charge in [0.15, 0.2) is 5.13 Å². The molecule has 1 saturated heterocycles. The highest BCUT2D eigenvalue weighted by Crippen LogP contribution is 2.38. The van der Waals surface area contributed by atoms with Crippen LogP contribution in [0.5, 0.6) is 0 Å². The second-order valence-electron chi connectivity index (χ2n) is 8.02. The number of aliphatic imine (C=N–C) groups is 1. The molecule has 9 heteroatoms. The minimum absolute atomic E-state index is 0.0469. The fourth-order valence-electron chi connectivity index (χ4n) is 4.19. The number of carbonyl (C=O) groups excluding carboxylic acids is 1. The number of nitrogens with one attached hydrogen (secondary N) is 1. The number of ether oxygens (including phenoxy) is 1. The number of nitrogens with zero attached hydrogens (tertiary/aromatic N) is 3. The van der Waals surface area contributed by atoms with Gasteiger partial charge in [-0.1, -0.05) is 17.7 Å². The molecule has 1 fully saturated rings. The van der Waals surface area contributed by atoms with Gasteiger partial charge in [-0.15, -0.1) is 11.3 Å². The average molecular weight is 469 g/mol. The molecule has 2 aliphatic rings. The quantitative estimate of drug-likeness (QED) is 0.562. The Labute approximate surface area is 193 Å². The molecule has 0 unspecified atom stereocenters. The summed E-state index contributed by atoms with van der Waals surface area (Å²) in [6, 6.07) is 8.70. The molecule has 170 valence electrons. The molecule has 33 heavy (non-hydrogen) atoms. The monoisotopic (exact) mass is 468 g/mol. The van der Waals surface area contributed by atoms with Gasteiger partial charge in [-0.3, -0.25) is 15.1 Å². The number of thiazole rings is 1. The van der Waals surface area contributed by atoms with E-state index in [9.17, 15) is 13.6 Å². The van der Waals surface area contributed by atoms with Crippen molar-refractivity contribution in [1.29, 1.82) is 0 Å². The molecule has 6 nitrogen and oxygen atoms in total. The maximum atomic E-state index is 13.7. The molecule has 5 rings (SSSR count). The molecule has 0 spiro atoms. The molecule has 0 atom stereocenters. The number of hydrogen-bond donors (Lipinski definition) is 1. The third kappa shape index (κ3) is 4.38. The Morgan fingerprint density at radius 1 is 1.21 bits per heavy atom.